The van der Waals surface area contributed by atoms with Crippen molar-refractivity contribution < 1.29 is 19.1 Å². The van der Waals surface area contributed by atoms with Gasteiger partial charge in [-0.15, -0.1) is 0 Å². The minimum Gasteiger partial charge on any atom is -0.464 e. The molecule has 8 heteroatoms. The van der Waals surface area contributed by atoms with Gasteiger partial charge in [-0.1, -0.05) is 0 Å². The Bertz CT molecular complexity index is 498. The fourth-order valence-electron chi connectivity index (χ4n) is 1.84. The Morgan fingerprint density at radius 1 is 1.45 bits per heavy atom. The first-order valence-corrected chi connectivity index (χ1v) is 6.13. The molecule has 1 unspecified atom stereocenters. The van der Waals surface area contributed by atoms with Crippen molar-refractivity contribution >= 4 is 17.7 Å². The van der Waals surface area contributed by atoms with Crippen LogP contribution < -0.4 is 11.1 Å². The number of aryl methyl sites for hydroxylation is 1. The van der Waals surface area contributed by atoms with Crippen LogP contribution in [-0.2, 0) is 14.3 Å². The second-order valence-corrected chi connectivity index (χ2v) is 4.21. The number of amides is 1. The quantitative estimate of drug-likeness (QED) is 0.557. The van der Waals surface area contributed by atoms with Gasteiger partial charge in [0.25, 0.3) is 0 Å². The first-order chi connectivity index (χ1) is 9.43. The fourth-order valence-corrected chi connectivity index (χ4v) is 1.84. The van der Waals surface area contributed by atoms with E-state index in [2.05, 4.69) is 15.0 Å². The first kappa shape index (κ1) is 16.0. The van der Waals surface area contributed by atoms with Crippen molar-refractivity contribution in [3.8, 4) is 0 Å². The van der Waals surface area contributed by atoms with Crippen LogP contribution in [0.15, 0.2) is 0 Å². The summed E-state index contributed by atoms with van der Waals surface area (Å²) in [5.41, 5.74) is 5.88. The maximum atomic E-state index is 12.0. The van der Waals surface area contributed by atoms with Gasteiger partial charge in [-0.25, -0.2) is 9.78 Å². The second kappa shape index (κ2) is 6.90. The summed E-state index contributed by atoms with van der Waals surface area (Å²) in [4.78, 5) is 27.5. The van der Waals surface area contributed by atoms with Crippen LogP contribution in [0.4, 0.5) is 5.82 Å². The molecule has 0 bridgehead atoms. The van der Waals surface area contributed by atoms with Crippen LogP contribution in [0.3, 0.4) is 0 Å². The van der Waals surface area contributed by atoms with Crippen LogP contribution in [0, 0.1) is 6.92 Å². The van der Waals surface area contributed by atoms with Gasteiger partial charge in [0, 0.05) is 13.7 Å². The lowest BCUT2D eigenvalue weighted by atomic mass is 10.3. The predicted octanol–water partition coefficient (Wildman–Crippen LogP) is -0.116. The molecule has 8 nitrogen and oxygen atoms in total. The van der Waals surface area contributed by atoms with Gasteiger partial charge in [-0.2, -0.15) is 0 Å². The van der Waals surface area contributed by atoms with Gasteiger partial charge in [-0.3, -0.25) is 4.79 Å². The number of hydrogen-bond donors (Lipinski definition) is 2. The van der Waals surface area contributed by atoms with Crippen molar-refractivity contribution in [2.45, 2.75) is 19.9 Å². The molecule has 0 aliphatic rings. The molecular formula is C12H20N4O4. The number of ether oxygens (including phenoxy) is 2. The van der Waals surface area contributed by atoms with Gasteiger partial charge in [0.2, 0.25) is 5.91 Å². The Morgan fingerprint density at radius 2 is 2.10 bits per heavy atom. The molecule has 0 saturated heterocycles. The molecule has 0 aromatic carbocycles. The highest BCUT2D eigenvalue weighted by atomic mass is 16.5. The number of nitrogens with two attached hydrogens (primary N) is 1. The SMILES string of the molecule is COCCNC(=O)C(C)n1c(C)nc(C(=O)OC)c1N. The van der Waals surface area contributed by atoms with E-state index in [0.29, 0.717) is 19.0 Å². The van der Waals surface area contributed by atoms with Crippen molar-refractivity contribution in [1.29, 1.82) is 0 Å². The molecular weight excluding hydrogens is 264 g/mol. The van der Waals surface area contributed by atoms with Crippen molar-refractivity contribution in [2.75, 3.05) is 33.1 Å². The van der Waals surface area contributed by atoms with E-state index >= 15 is 0 Å². The highest BCUT2D eigenvalue weighted by Gasteiger charge is 2.25. The number of methoxy groups -OCH3 is 2. The summed E-state index contributed by atoms with van der Waals surface area (Å²) in [6.45, 7) is 4.16. The van der Waals surface area contributed by atoms with Gasteiger partial charge in [-0.05, 0) is 13.8 Å². The van der Waals surface area contributed by atoms with E-state index in [1.54, 1.807) is 21.0 Å². The number of aromatic nitrogens is 2. The third-order valence-electron chi connectivity index (χ3n) is 2.88. The zero-order valence-corrected chi connectivity index (χ0v) is 12.1. The number of hydrogen-bond acceptors (Lipinski definition) is 6. The van der Waals surface area contributed by atoms with Crippen LogP contribution >= 0.6 is 0 Å². The first-order valence-electron chi connectivity index (χ1n) is 6.13. The molecule has 3 N–H and O–H groups in total. The van der Waals surface area contributed by atoms with E-state index in [0.717, 1.165) is 0 Å². The number of rotatable bonds is 6. The fraction of sp³-hybridized carbons (Fsp3) is 0.583. The van der Waals surface area contributed by atoms with Crippen LogP contribution in [0.2, 0.25) is 0 Å². The van der Waals surface area contributed by atoms with Gasteiger partial charge in [0.15, 0.2) is 5.69 Å². The Labute approximate surface area is 117 Å². The predicted molar refractivity (Wildman–Crippen MR) is 72.3 cm³/mol. The summed E-state index contributed by atoms with van der Waals surface area (Å²) in [6, 6.07) is -0.585. The van der Waals surface area contributed by atoms with Crippen molar-refractivity contribution in [3.05, 3.63) is 11.5 Å². The van der Waals surface area contributed by atoms with E-state index in [1.165, 1.54) is 11.7 Å². The maximum absolute atomic E-state index is 12.0. The van der Waals surface area contributed by atoms with Gasteiger partial charge in [0.1, 0.15) is 17.7 Å². The third kappa shape index (κ3) is 3.27. The lowest BCUT2D eigenvalue weighted by Gasteiger charge is -2.16. The standard InChI is InChI=1S/C12H20N4O4/c1-7(11(17)14-5-6-19-3)16-8(2)15-9(10(16)13)12(18)20-4/h7H,5-6,13H2,1-4H3,(H,14,17). The average molecular weight is 284 g/mol. The number of imidazole rings is 1. The number of nitrogens with one attached hydrogen (secondary N) is 1. The Kier molecular flexibility index (Phi) is 5.51. The number of carbonyl (C=O) groups is 2. The monoisotopic (exact) mass is 284 g/mol. The molecule has 1 aromatic rings. The summed E-state index contributed by atoms with van der Waals surface area (Å²) >= 11 is 0. The molecule has 1 aromatic heterocycles. The molecule has 0 aliphatic heterocycles. The van der Waals surface area contributed by atoms with Crippen LogP contribution in [0.25, 0.3) is 0 Å². The minimum absolute atomic E-state index is 0.0153. The smallest absolute Gasteiger partial charge is 0.360 e. The van der Waals surface area contributed by atoms with E-state index < -0.39 is 12.0 Å². The third-order valence-corrected chi connectivity index (χ3v) is 2.88. The van der Waals surface area contributed by atoms with Crippen molar-refractivity contribution in [3.63, 3.8) is 0 Å². The Hall–Kier alpha value is -2.09. The average Bonchev–Trinajstić information content (AvgIpc) is 2.72. The maximum Gasteiger partial charge on any atom is 0.360 e. The molecule has 0 spiro atoms. The summed E-state index contributed by atoms with van der Waals surface area (Å²) in [5.74, 6) is -0.275. The van der Waals surface area contributed by atoms with E-state index in [4.69, 9.17) is 10.5 Å². The summed E-state index contributed by atoms with van der Waals surface area (Å²) in [6.07, 6.45) is 0. The number of anilines is 1. The molecule has 1 amide bonds. The number of esters is 1. The highest BCUT2D eigenvalue weighted by Crippen LogP contribution is 2.20. The van der Waals surface area contributed by atoms with Crippen molar-refractivity contribution in [2.24, 2.45) is 0 Å². The highest BCUT2D eigenvalue weighted by molar-refractivity contribution is 5.92. The minimum atomic E-state index is -0.628. The van der Waals surface area contributed by atoms with Crippen LogP contribution in [0.5, 0.6) is 0 Å². The molecule has 1 atom stereocenters. The van der Waals surface area contributed by atoms with Crippen LogP contribution in [-0.4, -0.2) is 48.8 Å². The van der Waals surface area contributed by atoms with Gasteiger partial charge >= 0.3 is 5.97 Å². The summed E-state index contributed by atoms with van der Waals surface area (Å²) in [7, 11) is 2.80. The molecule has 0 saturated carbocycles. The summed E-state index contributed by atoms with van der Waals surface area (Å²) in [5, 5.41) is 2.70. The zero-order chi connectivity index (χ0) is 15.3. The molecule has 1 heterocycles. The van der Waals surface area contributed by atoms with Gasteiger partial charge < -0.3 is 25.1 Å². The van der Waals surface area contributed by atoms with E-state index in [9.17, 15) is 9.59 Å². The normalized spacial score (nSPS) is 12.0. The summed E-state index contributed by atoms with van der Waals surface area (Å²) < 4.78 is 10.9. The van der Waals surface area contributed by atoms with Crippen LogP contribution in [0.1, 0.15) is 29.3 Å². The topological polar surface area (TPSA) is 108 Å². The molecule has 0 radical (unpaired) electrons. The molecule has 0 aliphatic carbocycles. The van der Waals surface area contributed by atoms with E-state index in [1.807, 2.05) is 0 Å². The Balaban J connectivity index is 2.93. The number of nitrogen functional groups attached to an aromatic ring is 1. The number of nitrogens with zero attached hydrogens (tertiary/aromatic N) is 2. The van der Waals surface area contributed by atoms with Gasteiger partial charge in [0.05, 0.1) is 13.7 Å². The largest absolute Gasteiger partial charge is 0.464 e. The molecule has 20 heavy (non-hydrogen) atoms. The lowest BCUT2D eigenvalue weighted by Crippen LogP contribution is -2.34. The van der Waals surface area contributed by atoms with E-state index in [-0.39, 0.29) is 17.4 Å². The lowest BCUT2D eigenvalue weighted by molar-refractivity contribution is -0.124. The zero-order valence-electron chi connectivity index (χ0n) is 12.1. The number of carbonyl (C=O) groups excluding carboxylic acids is 2. The molecule has 0 fully saturated rings. The second-order valence-electron chi connectivity index (χ2n) is 4.21. The van der Waals surface area contributed by atoms with Crippen molar-refractivity contribution in [1.82, 2.24) is 14.9 Å². The molecule has 112 valence electrons. The Morgan fingerprint density at radius 3 is 2.65 bits per heavy atom. The molecule has 1 rings (SSSR count).